The molecule has 0 fully saturated rings. The van der Waals surface area contributed by atoms with E-state index in [0.29, 0.717) is 0 Å². The highest BCUT2D eigenvalue weighted by atomic mass is 16.3. The van der Waals surface area contributed by atoms with Gasteiger partial charge >= 0.3 is 0 Å². The molecule has 0 aromatic carbocycles. The standard InChI is InChI=1S/C8H14O/c1-3-8(9)6-4-5-7(8)2/h5,9H,3-4,6H2,1-2H3. The molecule has 0 aromatic rings. The molecule has 0 spiro atoms. The lowest BCUT2D eigenvalue weighted by molar-refractivity contribution is 0.0754. The maximum atomic E-state index is 9.70. The molecule has 0 radical (unpaired) electrons. The first-order valence-corrected chi connectivity index (χ1v) is 3.58. The summed E-state index contributed by atoms with van der Waals surface area (Å²) < 4.78 is 0. The fourth-order valence-electron chi connectivity index (χ4n) is 1.37. The van der Waals surface area contributed by atoms with Gasteiger partial charge in [0, 0.05) is 0 Å². The van der Waals surface area contributed by atoms with Gasteiger partial charge in [-0.15, -0.1) is 0 Å². The third-order valence-corrected chi connectivity index (χ3v) is 2.33. The van der Waals surface area contributed by atoms with E-state index in [1.165, 1.54) is 0 Å². The van der Waals surface area contributed by atoms with Gasteiger partial charge in [-0.3, -0.25) is 0 Å². The van der Waals surface area contributed by atoms with E-state index in [1.54, 1.807) is 0 Å². The lowest BCUT2D eigenvalue weighted by atomic mass is 9.94. The topological polar surface area (TPSA) is 20.2 Å². The monoisotopic (exact) mass is 126 g/mol. The number of allylic oxidation sites excluding steroid dienone is 1. The molecule has 1 unspecified atom stereocenters. The molecule has 1 rings (SSSR count). The van der Waals surface area contributed by atoms with E-state index in [1.807, 2.05) is 13.8 Å². The van der Waals surface area contributed by atoms with Crippen LogP contribution in [-0.4, -0.2) is 10.7 Å². The summed E-state index contributed by atoms with van der Waals surface area (Å²) in [7, 11) is 0. The maximum Gasteiger partial charge on any atom is 0.0854 e. The molecular weight excluding hydrogens is 112 g/mol. The Balaban J connectivity index is 2.70. The van der Waals surface area contributed by atoms with Crippen molar-refractivity contribution in [3.8, 4) is 0 Å². The lowest BCUT2D eigenvalue weighted by Crippen LogP contribution is -2.25. The second-order valence-corrected chi connectivity index (χ2v) is 2.81. The van der Waals surface area contributed by atoms with Crippen LogP contribution in [0.2, 0.25) is 0 Å². The highest BCUT2D eigenvalue weighted by Crippen LogP contribution is 2.32. The van der Waals surface area contributed by atoms with Crippen molar-refractivity contribution in [1.29, 1.82) is 0 Å². The summed E-state index contributed by atoms with van der Waals surface area (Å²) in [6, 6.07) is 0. The van der Waals surface area contributed by atoms with Crippen molar-refractivity contribution in [3.05, 3.63) is 11.6 Å². The van der Waals surface area contributed by atoms with Gasteiger partial charge in [-0.25, -0.2) is 0 Å². The zero-order chi connectivity index (χ0) is 6.91. The lowest BCUT2D eigenvalue weighted by Gasteiger charge is -2.21. The first-order valence-electron chi connectivity index (χ1n) is 3.58. The van der Waals surface area contributed by atoms with Crippen LogP contribution in [0.3, 0.4) is 0 Å². The summed E-state index contributed by atoms with van der Waals surface area (Å²) in [5.41, 5.74) is 0.713. The maximum absolute atomic E-state index is 9.70. The van der Waals surface area contributed by atoms with Crippen molar-refractivity contribution in [1.82, 2.24) is 0 Å². The van der Waals surface area contributed by atoms with E-state index in [4.69, 9.17) is 0 Å². The highest BCUT2D eigenvalue weighted by Gasteiger charge is 2.29. The predicted molar refractivity (Wildman–Crippen MR) is 38.2 cm³/mol. The molecule has 1 aliphatic carbocycles. The van der Waals surface area contributed by atoms with Gasteiger partial charge in [0.2, 0.25) is 0 Å². The van der Waals surface area contributed by atoms with E-state index in [0.717, 1.165) is 24.8 Å². The van der Waals surface area contributed by atoms with Crippen LogP contribution in [0.4, 0.5) is 0 Å². The average Bonchev–Trinajstić information content (AvgIpc) is 2.15. The SMILES string of the molecule is CCC1(O)CCC=C1C. The number of rotatable bonds is 1. The minimum Gasteiger partial charge on any atom is -0.386 e. The van der Waals surface area contributed by atoms with Gasteiger partial charge in [-0.2, -0.15) is 0 Å². The molecule has 1 heteroatoms. The van der Waals surface area contributed by atoms with Crippen LogP contribution in [0.1, 0.15) is 33.1 Å². The molecule has 0 heterocycles. The highest BCUT2D eigenvalue weighted by molar-refractivity contribution is 5.19. The van der Waals surface area contributed by atoms with Crippen molar-refractivity contribution >= 4 is 0 Å². The van der Waals surface area contributed by atoms with Gasteiger partial charge in [-0.05, 0) is 31.8 Å². The Bertz CT molecular complexity index is 138. The molecule has 0 saturated heterocycles. The third-order valence-electron chi connectivity index (χ3n) is 2.33. The fourth-order valence-corrected chi connectivity index (χ4v) is 1.37. The predicted octanol–water partition coefficient (Wildman–Crippen LogP) is 1.87. The second-order valence-electron chi connectivity index (χ2n) is 2.81. The van der Waals surface area contributed by atoms with Crippen molar-refractivity contribution < 1.29 is 5.11 Å². The Morgan fingerprint density at radius 1 is 1.78 bits per heavy atom. The molecule has 0 aromatic heterocycles. The van der Waals surface area contributed by atoms with E-state index in [-0.39, 0.29) is 0 Å². The summed E-state index contributed by atoms with van der Waals surface area (Å²) in [6.45, 7) is 4.04. The third kappa shape index (κ3) is 1.01. The second kappa shape index (κ2) is 2.14. The van der Waals surface area contributed by atoms with Gasteiger partial charge in [0.1, 0.15) is 0 Å². The van der Waals surface area contributed by atoms with Crippen LogP contribution in [0.15, 0.2) is 11.6 Å². The van der Waals surface area contributed by atoms with Crippen molar-refractivity contribution in [2.75, 3.05) is 0 Å². The molecular formula is C8H14O. The molecule has 1 atom stereocenters. The average molecular weight is 126 g/mol. The zero-order valence-electron chi connectivity index (χ0n) is 6.15. The van der Waals surface area contributed by atoms with Gasteiger partial charge in [0.25, 0.3) is 0 Å². The normalized spacial score (nSPS) is 34.8. The van der Waals surface area contributed by atoms with Gasteiger partial charge in [-0.1, -0.05) is 13.0 Å². The van der Waals surface area contributed by atoms with Crippen LogP contribution in [-0.2, 0) is 0 Å². The number of aliphatic hydroxyl groups is 1. The molecule has 1 nitrogen and oxygen atoms in total. The Morgan fingerprint density at radius 2 is 2.44 bits per heavy atom. The van der Waals surface area contributed by atoms with E-state index < -0.39 is 5.60 Å². The van der Waals surface area contributed by atoms with E-state index in [2.05, 4.69) is 6.08 Å². The van der Waals surface area contributed by atoms with Crippen molar-refractivity contribution in [2.45, 2.75) is 38.7 Å². The summed E-state index contributed by atoms with van der Waals surface area (Å²) in [5, 5.41) is 9.70. The molecule has 9 heavy (non-hydrogen) atoms. The minimum absolute atomic E-state index is 0.444. The molecule has 0 aliphatic heterocycles. The van der Waals surface area contributed by atoms with Gasteiger partial charge < -0.3 is 5.11 Å². The number of hydrogen-bond acceptors (Lipinski definition) is 1. The van der Waals surface area contributed by atoms with Crippen LogP contribution in [0.25, 0.3) is 0 Å². The Labute approximate surface area is 56.4 Å². The van der Waals surface area contributed by atoms with Crippen LogP contribution in [0.5, 0.6) is 0 Å². The molecule has 1 aliphatic rings. The Morgan fingerprint density at radius 3 is 2.67 bits per heavy atom. The summed E-state index contributed by atoms with van der Waals surface area (Å²) in [5.74, 6) is 0. The molecule has 0 saturated carbocycles. The van der Waals surface area contributed by atoms with Gasteiger partial charge in [0.05, 0.1) is 5.60 Å². The first-order chi connectivity index (χ1) is 4.19. The van der Waals surface area contributed by atoms with Crippen LogP contribution < -0.4 is 0 Å². The van der Waals surface area contributed by atoms with Crippen LogP contribution >= 0.6 is 0 Å². The fraction of sp³-hybridized carbons (Fsp3) is 0.750. The van der Waals surface area contributed by atoms with Crippen LogP contribution in [0, 0.1) is 0 Å². The Hall–Kier alpha value is -0.300. The quantitative estimate of drug-likeness (QED) is 0.532. The van der Waals surface area contributed by atoms with E-state index >= 15 is 0 Å². The molecule has 1 N–H and O–H groups in total. The smallest absolute Gasteiger partial charge is 0.0854 e. The van der Waals surface area contributed by atoms with Gasteiger partial charge in [0.15, 0.2) is 0 Å². The van der Waals surface area contributed by atoms with E-state index in [9.17, 15) is 5.11 Å². The summed E-state index contributed by atoms with van der Waals surface area (Å²) >= 11 is 0. The zero-order valence-corrected chi connectivity index (χ0v) is 6.15. The molecule has 52 valence electrons. The minimum atomic E-state index is -0.444. The number of hydrogen-bond donors (Lipinski definition) is 1. The first kappa shape index (κ1) is 6.81. The molecule has 0 amide bonds. The van der Waals surface area contributed by atoms with Crippen molar-refractivity contribution in [2.24, 2.45) is 0 Å². The summed E-state index contributed by atoms with van der Waals surface area (Å²) in [6.07, 6.45) is 4.96. The van der Waals surface area contributed by atoms with Crippen molar-refractivity contribution in [3.63, 3.8) is 0 Å². The summed E-state index contributed by atoms with van der Waals surface area (Å²) in [4.78, 5) is 0. The Kier molecular flexibility index (Phi) is 1.62. The largest absolute Gasteiger partial charge is 0.386 e. The molecule has 0 bridgehead atoms.